The van der Waals surface area contributed by atoms with Crippen LogP contribution in [0.3, 0.4) is 0 Å². The summed E-state index contributed by atoms with van der Waals surface area (Å²) >= 11 is 11.6. The molecule has 4 heteroatoms. The zero-order valence-corrected chi connectivity index (χ0v) is 11.7. The van der Waals surface area contributed by atoms with Crippen molar-refractivity contribution in [1.29, 1.82) is 0 Å². The van der Waals surface area contributed by atoms with Crippen molar-refractivity contribution >= 4 is 50.3 Å². The van der Waals surface area contributed by atoms with Crippen LogP contribution in [0.2, 0.25) is 5.02 Å². The quantitative estimate of drug-likeness (QED) is 0.673. The molecule has 0 saturated heterocycles. The Morgan fingerprint density at radius 2 is 1.89 bits per heavy atom. The summed E-state index contributed by atoms with van der Waals surface area (Å²) in [7, 11) is 0. The summed E-state index contributed by atoms with van der Waals surface area (Å²) in [5.41, 5.74) is 2.92. The minimum Gasteiger partial charge on any atom is -0.355 e. The van der Waals surface area contributed by atoms with E-state index in [-0.39, 0.29) is 11.2 Å². The predicted octanol–water partition coefficient (Wildman–Crippen LogP) is 4.84. The van der Waals surface area contributed by atoms with Crippen LogP contribution in [0, 0.1) is 0 Å². The van der Waals surface area contributed by atoms with Gasteiger partial charge in [0, 0.05) is 26.8 Å². The number of fused-ring (bicyclic) bond motifs is 3. The van der Waals surface area contributed by atoms with E-state index < -0.39 is 0 Å². The molecule has 1 heterocycles. The molecule has 96 valence electrons. The molecule has 0 amide bonds. The lowest BCUT2D eigenvalue weighted by molar-refractivity contribution is -0.112. The highest BCUT2D eigenvalue weighted by Gasteiger charge is 2.14. The first-order chi connectivity index (χ1) is 9.06. The summed E-state index contributed by atoms with van der Waals surface area (Å²) in [6.45, 7) is 1.80. The fraction of sp³-hybridized carbons (Fsp3) is 0.133. The van der Waals surface area contributed by atoms with Gasteiger partial charge < -0.3 is 4.98 Å². The maximum absolute atomic E-state index is 11.2. The summed E-state index contributed by atoms with van der Waals surface area (Å²) in [6, 6.07) is 11.6. The number of hydrogen-bond acceptors (Lipinski definition) is 1. The molecule has 3 rings (SSSR count). The molecule has 2 nitrogen and oxygen atoms in total. The SMILES string of the molecule is CC(C(=O)Cl)c1ccc2c(c1)[nH]c1ccc(Cl)cc12. The summed E-state index contributed by atoms with van der Waals surface area (Å²) < 4.78 is 0. The number of halogens is 2. The van der Waals surface area contributed by atoms with Crippen molar-refractivity contribution in [3.63, 3.8) is 0 Å². The van der Waals surface area contributed by atoms with Crippen LogP contribution in [0.15, 0.2) is 36.4 Å². The second-order valence-electron chi connectivity index (χ2n) is 4.65. The van der Waals surface area contributed by atoms with E-state index in [0.717, 1.165) is 27.4 Å². The van der Waals surface area contributed by atoms with E-state index >= 15 is 0 Å². The summed E-state index contributed by atoms with van der Waals surface area (Å²) in [6.07, 6.45) is 0. The Labute approximate surface area is 120 Å². The number of aromatic amines is 1. The maximum atomic E-state index is 11.2. The number of aromatic nitrogens is 1. The molecule has 0 bridgehead atoms. The standard InChI is InChI=1S/C15H11Cl2NO/c1-8(15(17)19)9-2-4-11-12-7-10(16)3-5-13(12)18-14(11)6-9/h2-8,18H,1H3. The van der Waals surface area contributed by atoms with Crippen molar-refractivity contribution in [3.05, 3.63) is 47.0 Å². The molecule has 1 atom stereocenters. The van der Waals surface area contributed by atoms with Crippen molar-refractivity contribution in [1.82, 2.24) is 4.98 Å². The summed E-state index contributed by atoms with van der Waals surface area (Å²) in [5, 5.41) is 2.54. The lowest BCUT2D eigenvalue weighted by Crippen LogP contribution is -2.01. The number of nitrogens with one attached hydrogen (secondary N) is 1. The van der Waals surface area contributed by atoms with Gasteiger partial charge in [-0.1, -0.05) is 30.7 Å². The van der Waals surface area contributed by atoms with E-state index in [2.05, 4.69) is 4.98 Å². The third-order valence-corrected chi connectivity index (χ3v) is 3.99. The molecule has 2 aromatic carbocycles. The van der Waals surface area contributed by atoms with Gasteiger partial charge >= 0.3 is 0 Å². The summed E-state index contributed by atoms with van der Waals surface area (Å²) in [5.74, 6) is -0.305. The van der Waals surface area contributed by atoms with Gasteiger partial charge in [0.1, 0.15) is 0 Å². The van der Waals surface area contributed by atoms with Crippen LogP contribution < -0.4 is 0 Å². The first-order valence-electron chi connectivity index (χ1n) is 5.96. The monoisotopic (exact) mass is 291 g/mol. The highest BCUT2D eigenvalue weighted by Crippen LogP contribution is 2.30. The number of hydrogen-bond donors (Lipinski definition) is 1. The first kappa shape index (κ1) is 12.5. The Kier molecular flexibility index (Phi) is 3.00. The van der Waals surface area contributed by atoms with Crippen LogP contribution in [0.4, 0.5) is 0 Å². The third kappa shape index (κ3) is 2.11. The van der Waals surface area contributed by atoms with Gasteiger partial charge in [-0.05, 0) is 41.4 Å². The number of carbonyl (C=O) groups is 1. The van der Waals surface area contributed by atoms with Gasteiger partial charge in [-0.2, -0.15) is 0 Å². The Morgan fingerprint density at radius 3 is 2.63 bits per heavy atom. The zero-order chi connectivity index (χ0) is 13.6. The van der Waals surface area contributed by atoms with Crippen LogP contribution in [0.5, 0.6) is 0 Å². The van der Waals surface area contributed by atoms with E-state index in [4.69, 9.17) is 23.2 Å². The van der Waals surface area contributed by atoms with Crippen molar-refractivity contribution in [3.8, 4) is 0 Å². The van der Waals surface area contributed by atoms with Crippen molar-refractivity contribution in [2.24, 2.45) is 0 Å². The van der Waals surface area contributed by atoms with E-state index in [1.165, 1.54) is 0 Å². The highest BCUT2D eigenvalue weighted by molar-refractivity contribution is 6.64. The van der Waals surface area contributed by atoms with Gasteiger partial charge in [0.25, 0.3) is 0 Å². The Morgan fingerprint density at radius 1 is 1.11 bits per heavy atom. The van der Waals surface area contributed by atoms with Crippen LogP contribution in [-0.2, 0) is 4.79 Å². The van der Waals surface area contributed by atoms with Gasteiger partial charge in [-0.3, -0.25) is 4.79 Å². The van der Waals surface area contributed by atoms with Gasteiger partial charge in [0.15, 0.2) is 0 Å². The maximum Gasteiger partial charge on any atom is 0.228 e. The molecule has 1 unspecified atom stereocenters. The average Bonchev–Trinajstić information content (AvgIpc) is 2.74. The fourth-order valence-corrected chi connectivity index (χ4v) is 2.59. The lowest BCUT2D eigenvalue weighted by Gasteiger charge is -2.06. The van der Waals surface area contributed by atoms with Crippen molar-refractivity contribution < 1.29 is 4.79 Å². The van der Waals surface area contributed by atoms with Crippen LogP contribution >= 0.6 is 23.2 Å². The topological polar surface area (TPSA) is 32.9 Å². The molecule has 3 aromatic rings. The van der Waals surface area contributed by atoms with E-state index in [1.807, 2.05) is 36.4 Å². The minimum absolute atomic E-state index is 0.305. The second-order valence-corrected chi connectivity index (χ2v) is 5.45. The number of carbonyl (C=O) groups excluding carboxylic acids is 1. The number of H-pyrrole nitrogens is 1. The second kappa shape index (κ2) is 4.55. The Hall–Kier alpha value is -1.51. The molecule has 0 fully saturated rings. The molecule has 1 aromatic heterocycles. The molecule has 19 heavy (non-hydrogen) atoms. The molecule has 0 aliphatic rings. The first-order valence-corrected chi connectivity index (χ1v) is 6.72. The smallest absolute Gasteiger partial charge is 0.228 e. The van der Waals surface area contributed by atoms with Gasteiger partial charge in [-0.15, -0.1) is 0 Å². The zero-order valence-electron chi connectivity index (χ0n) is 10.2. The third-order valence-electron chi connectivity index (χ3n) is 3.43. The van der Waals surface area contributed by atoms with Crippen LogP contribution in [0.25, 0.3) is 21.8 Å². The van der Waals surface area contributed by atoms with Crippen LogP contribution in [-0.4, -0.2) is 10.2 Å². The van der Waals surface area contributed by atoms with Crippen molar-refractivity contribution in [2.45, 2.75) is 12.8 Å². The molecular formula is C15H11Cl2NO. The molecule has 0 saturated carbocycles. The molecule has 1 N–H and O–H groups in total. The van der Waals surface area contributed by atoms with Crippen molar-refractivity contribution in [2.75, 3.05) is 0 Å². The fourth-order valence-electron chi connectivity index (χ4n) is 2.29. The molecule has 0 aliphatic heterocycles. The molecular weight excluding hydrogens is 281 g/mol. The van der Waals surface area contributed by atoms with E-state index in [9.17, 15) is 4.79 Å². The van der Waals surface area contributed by atoms with E-state index in [0.29, 0.717) is 5.02 Å². The number of benzene rings is 2. The average molecular weight is 292 g/mol. The lowest BCUT2D eigenvalue weighted by atomic mass is 10.0. The van der Waals surface area contributed by atoms with Gasteiger partial charge in [0.05, 0.1) is 5.92 Å². The highest BCUT2D eigenvalue weighted by atomic mass is 35.5. The predicted molar refractivity (Wildman–Crippen MR) is 80.1 cm³/mol. The Balaban J connectivity index is 2.24. The molecule has 0 aliphatic carbocycles. The number of rotatable bonds is 2. The largest absolute Gasteiger partial charge is 0.355 e. The van der Waals surface area contributed by atoms with Crippen LogP contribution in [0.1, 0.15) is 18.4 Å². The Bertz CT molecular complexity index is 791. The summed E-state index contributed by atoms with van der Waals surface area (Å²) in [4.78, 5) is 14.6. The minimum atomic E-state index is -0.349. The normalized spacial score (nSPS) is 13.0. The molecule has 0 spiro atoms. The van der Waals surface area contributed by atoms with Gasteiger partial charge in [0.2, 0.25) is 5.24 Å². The van der Waals surface area contributed by atoms with Gasteiger partial charge in [-0.25, -0.2) is 0 Å². The molecule has 0 radical (unpaired) electrons. The van der Waals surface area contributed by atoms with E-state index in [1.54, 1.807) is 6.92 Å².